The summed E-state index contributed by atoms with van der Waals surface area (Å²) < 4.78 is 29.0. The van der Waals surface area contributed by atoms with Crippen LogP contribution < -0.4 is 4.72 Å². The minimum Gasteiger partial charge on any atom is -0.338 e. The number of thiophene rings is 1. The number of hydrogen-bond acceptors (Lipinski definition) is 5. The lowest BCUT2D eigenvalue weighted by atomic mass is 10.1. The largest absolute Gasteiger partial charge is 0.338 e. The molecule has 4 rings (SSSR count). The maximum Gasteiger partial charge on any atom is 0.250 e. The number of carbonyl (C=O) groups excluding carboxylic acids is 1. The lowest BCUT2D eigenvalue weighted by molar-refractivity contribution is -0.131. The highest BCUT2D eigenvalue weighted by Gasteiger charge is 2.32. The number of nitrogens with zero attached hydrogens (tertiary/aromatic N) is 2. The summed E-state index contributed by atoms with van der Waals surface area (Å²) >= 11 is 7.30. The zero-order valence-corrected chi connectivity index (χ0v) is 18.2. The van der Waals surface area contributed by atoms with Gasteiger partial charge < -0.3 is 4.90 Å². The number of amides is 1. The van der Waals surface area contributed by atoms with Crippen molar-refractivity contribution < 1.29 is 13.2 Å². The molecule has 1 aromatic heterocycles. The number of halogens is 1. The first-order valence-electron chi connectivity index (χ1n) is 9.33. The number of nitrogens with one attached hydrogen (secondary N) is 1. The predicted octanol–water partition coefficient (Wildman–Crippen LogP) is 3.75. The van der Waals surface area contributed by atoms with Crippen molar-refractivity contribution in [3.63, 3.8) is 0 Å². The summed E-state index contributed by atoms with van der Waals surface area (Å²) in [6.45, 7) is 1.02. The van der Waals surface area contributed by atoms with Gasteiger partial charge in [0.1, 0.15) is 4.21 Å². The van der Waals surface area contributed by atoms with Gasteiger partial charge in [-0.3, -0.25) is 4.79 Å². The smallest absolute Gasteiger partial charge is 0.250 e. The summed E-state index contributed by atoms with van der Waals surface area (Å²) in [6.07, 6.45) is 0.581. The Morgan fingerprint density at radius 2 is 2.03 bits per heavy atom. The van der Waals surface area contributed by atoms with E-state index in [1.54, 1.807) is 41.3 Å². The molecule has 1 aliphatic heterocycles. The Balaban J connectivity index is 1.41. The van der Waals surface area contributed by atoms with Crippen LogP contribution in [0.4, 0.5) is 0 Å². The summed E-state index contributed by atoms with van der Waals surface area (Å²) in [5, 5.41) is 10.2. The molecule has 1 saturated heterocycles. The number of sulfonamides is 1. The molecular formula is C21H18ClN3O3S2. The molecule has 0 spiro atoms. The zero-order valence-electron chi connectivity index (χ0n) is 15.8. The van der Waals surface area contributed by atoms with Gasteiger partial charge in [-0.1, -0.05) is 29.8 Å². The van der Waals surface area contributed by atoms with E-state index in [2.05, 4.69) is 10.8 Å². The monoisotopic (exact) mass is 459 g/mol. The van der Waals surface area contributed by atoms with Crippen LogP contribution in [0.15, 0.2) is 52.7 Å². The van der Waals surface area contributed by atoms with Crippen LogP contribution in [0, 0.1) is 17.2 Å². The fourth-order valence-electron chi connectivity index (χ4n) is 3.53. The Hall–Kier alpha value is -2.44. The highest BCUT2D eigenvalue weighted by molar-refractivity contribution is 7.91. The van der Waals surface area contributed by atoms with E-state index in [1.165, 1.54) is 0 Å². The van der Waals surface area contributed by atoms with Crippen molar-refractivity contribution in [1.29, 1.82) is 5.26 Å². The van der Waals surface area contributed by atoms with Gasteiger partial charge in [-0.2, -0.15) is 5.26 Å². The number of nitriles is 1. The average Bonchev–Trinajstić information content (AvgIpc) is 3.33. The van der Waals surface area contributed by atoms with Crippen molar-refractivity contribution in [3.05, 3.63) is 64.7 Å². The second kappa shape index (κ2) is 8.36. The first-order valence-corrected chi connectivity index (χ1v) is 12.0. The molecule has 1 aliphatic rings. The lowest BCUT2D eigenvalue weighted by Gasteiger charge is -2.17. The summed E-state index contributed by atoms with van der Waals surface area (Å²) in [7, 11) is -3.73. The third-order valence-electron chi connectivity index (χ3n) is 5.11. The van der Waals surface area contributed by atoms with Gasteiger partial charge >= 0.3 is 0 Å². The molecular weight excluding hydrogens is 442 g/mol. The van der Waals surface area contributed by atoms with Gasteiger partial charge in [0, 0.05) is 34.7 Å². The van der Waals surface area contributed by atoms with Gasteiger partial charge in [0.15, 0.2) is 0 Å². The second-order valence-corrected chi connectivity index (χ2v) is 10.6. The van der Waals surface area contributed by atoms with E-state index >= 15 is 0 Å². The molecule has 1 N–H and O–H groups in total. The third-order valence-corrected chi connectivity index (χ3v) is 8.44. The Kier molecular flexibility index (Phi) is 5.80. The zero-order chi connectivity index (χ0) is 21.3. The van der Waals surface area contributed by atoms with Crippen molar-refractivity contribution in [2.24, 2.45) is 5.92 Å². The van der Waals surface area contributed by atoms with Gasteiger partial charge in [0.2, 0.25) is 15.9 Å². The van der Waals surface area contributed by atoms with Crippen molar-refractivity contribution in [1.82, 2.24) is 9.62 Å². The summed E-state index contributed by atoms with van der Waals surface area (Å²) in [5.74, 6) is -0.490. The van der Waals surface area contributed by atoms with E-state index in [-0.39, 0.29) is 16.7 Å². The molecule has 3 aromatic rings. The van der Waals surface area contributed by atoms with Crippen LogP contribution in [0.5, 0.6) is 0 Å². The molecule has 0 bridgehead atoms. The van der Waals surface area contributed by atoms with Gasteiger partial charge in [-0.25, -0.2) is 13.1 Å². The van der Waals surface area contributed by atoms with E-state index in [1.807, 2.05) is 12.1 Å². The van der Waals surface area contributed by atoms with E-state index in [4.69, 9.17) is 16.9 Å². The van der Waals surface area contributed by atoms with E-state index < -0.39 is 15.9 Å². The first-order chi connectivity index (χ1) is 14.4. The highest BCUT2D eigenvalue weighted by atomic mass is 35.5. The van der Waals surface area contributed by atoms with Crippen LogP contribution in [-0.4, -0.2) is 32.3 Å². The number of hydrogen-bond donors (Lipinski definition) is 1. The summed E-state index contributed by atoms with van der Waals surface area (Å²) in [6, 6.07) is 16.1. The average molecular weight is 460 g/mol. The molecule has 2 heterocycles. The Morgan fingerprint density at radius 3 is 2.80 bits per heavy atom. The topological polar surface area (TPSA) is 90.3 Å². The third kappa shape index (κ3) is 4.20. The van der Waals surface area contributed by atoms with Gasteiger partial charge in [-0.15, -0.1) is 11.3 Å². The number of fused-ring (bicyclic) bond motifs is 1. The second-order valence-electron chi connectivity index (χ2n) is 7.13. The highest BCUT2D eigenvalue weighted by Crippen LogP contribution is 2.33. The lowest BCUT2D eigenvalue weighted by Crippen LogP contribution is -2.34. The molecule has 0 radical (unpaired) electrons. The number of carbonyl (C=O) groups is 1. The molecule has 30 heavy (non-hydrogen) atoms. The van der Waals surface area contributed by atoms with Crippen molar-refractivity contribution in [2.75, 3.05) is 13.1 Å². The molecule has 2 aromatic carbocycles. The standard InChI is InChI=1S/C21H18ClN3O3S2/c22-18-5-2-6-19-17(18)10-20(29-19)30(27,28)24-12-16-7-8-25(21(16)26)13-15-4-1-3-14(9-15)11-23/h1-6,9-10,16,24H,7-8,12-13H2/t16-/m0/s1. The van der Waals surface area contributed by atoms with Gasteiger partial charge in [0.25, 0.3) is 0 Å². The Morgan fingerprint density at radius 1 is 1.23 bits per heavy atom. The van der Waals surface area contributed by atoms with Crippen molar-refractivity contribution in [2.45, 2.75) is 17.2 Å². The molecule has 1 amide bonds. The molecule has 1 atom stereocenters. The quantitative estimate of drug-likeness (QED) is 0.607. The maximum atomic E-state index is 12.7. The van der Waals surface area contributed by atoms with Crippen LogP contribution in [-0.2, 0) is 21.4 Å². The van der Waals surface area contributed by atoms with Crippen molar-refractivity contribution >= 4 is 49.0 Å². The van der Waals surface area contributed by atoms with Gasteiger partial charge in [0.05, 0.1) is 17.6 Å². The fourth-order valence-corrected chi connectivity index (χ4v) is 6.35. The molecule has 9 heteroatoms. The Bertz CT molecular complexity index is 1260. The van der Waals surface area contributed by atoms with Crippen LogP contribution in [0.3, 0.4) is 0 Å². The van der Waals surface area contributed by atoms with E-state index in [9.17, 15) is 13.2 Å². The van der Waals surface area contributed by atoms with Crippen LogP contribution in [0.2, 0.25) is 5.02 Å². The molecule has 0 aliphatic carbocycles. The van der Waals surface area contributed by atoms with Crippen molar-refractivity contribution in [3.8, 4) is 6.07 Å². The summed E-state index contributed by atoms with van der Waals surface area (Å²) in [4.78, 5) is 14.4. The van der Waals surface area contributed by atoms with Crippen LogP contribution >= 0.6 is 22.9 Å². The van der Waals surface area contributed by atoms with E-state index in [0.29, 0.717) is 35.5 Å². The van der Waals surface area contributed by atoms with Gasteiger partial charge in [-0.05, 0) is 42.3 Å². The SMILES string of the molecule is N#Cc1cccc(CN2CC[C@@H](CNS(=O)(=O)c3cc4c(Cl)cccc4s3)C2=O)c1. The maximum absolute atomic E-state index is 12.7. The number of benzene rings is 2. The fraction of sp³-hybridized carbons (Fsp3) is 0.238. The molecule has 0 saturated carbocycles. The first kappa shape index (κ1) is 20.8. The molecule has 154 valence electrons. The molecule has 6 nitrogen and oxygen atoms in total. The normalized spacial score (nSPS) is 16.9. The minimum atomic E-state index is -3.73. The number of rotatable bonds is 6. The predicted molar refractivity (Wildman–Crippen MR) is 117 cm³/mol. The summed E-state index contributed by atoms with van der Waals surface area (Å²) in [5.41, 5.74) is 1.43. The number of likely N-dealkylation sites (tertiary alicyclic amines) is 1. The van der Waals surface area contributed by atoms with Crippen LogP contribution in [0.1, 0.15) is 17.5 Å². The minimum absolute atomic E-state index is 0.0535. The van der Waals surface area contributed by atoms with Crippen LogP contribution in [0.25, 0.3) is 10.1 Å². The molecule has 0 unspecified atom stereocenters. The van der Waals surface area contributed by atoms with E-state index in [0.717, 1.165) is 21.6 Å². The Labute approximate surface area is 183 Å². The molecule has 1 fully saturated rings.